The smallest absolute Gasteiger partial charge is 0.264 e. The van der Waals surface area contributed by atoms with Crippen LogP contribution in [0.1, 0.15) is 11.1 Å². The van der Waals surface area contributed by atoms with Gasteiger partial charge in [-0.1, -0.05) is 36.4 Å². The summed E-state index contributed by atoms with van der Waals surface area (Å²) in [5.74, 6) is 1.13. The third-order valence-electron chi connectivity index (χ3n) is 3.85. The molecule has 1 atom stereocenters. The molecule has 0 fully saturated rings. The van der Waals surface area contributed by atoms with Gasteiger partial charge in [0.05, 0.1) is 14.1 Å². The maximum atomic E-state index is 12.3. The van der Waals surface area contributed by atoms with Crippen molar-refractivity contribution in [1.82, 2.24) is 5.32 Å². The molecular formula is C19H23N2O3+. The Morgan fingerprint density at radius 1 is 1.08 bits per heavy atom. The van der Waals surface area contributed by atoms with Crippen LogP contribution in [-0.4, -0.2) is 32.7 Å². The summed E-state index contributed by atoms with van der Waals surface area (Å²) in [5.41, 5.74) is 2.35. The van der Waals surface area contributed by atoms with Gasteiger partial charge in [-0.15, -0.1) is 0 Å². The zero-order valence-electron chi connectivity index (χ0n) is 14.0. The summed E-state index contributed by atoms with van der Waals surface area (Å²) in [6.45, 7) is 1.70. The van der Waals surface area contributed by atoms with Crippen molar-refractivity contribution >= 4 is 5.91 Å². The highest BCUT2D eigenvalue weighted by molar-refractivity contribution is 5.81. The number of rotatable bonds is 5. The van der Waals surface area contributed by atoms with Crippen molar-refractivity contribution in [1.29, 1.82) is 0 Å². The van der Waals surface area contributed by atoms with E-state index in [0.717, 1.165) is 12.1 Å². The zero-order valence-corrected chi connectivity index (χ0v) is 14.0. The van der Waals surface area contributed by atoms with Gasteiger partial charge in [-0.2, -0.15) is 0 Å². The first kappa shape index (κ1) is 16.3. The van der Waals surface area contributed by atoms with E-state index in [-0.39, 0.29) is 12.5 Å². The van der Waals surface area contributed by atoms with Crippen LogP contribution in [0.25, 0.3) is 0 Å². The summed E-state index contributed by atoms with van der Waals surface area (Å²) >= 11 is 0. The van der Waals surface area contributed by atoms with Gasteiger partial charge in [0.1, 0.15) is 13.2 Å². The molecule has 1 aliphatic rings. The average molecular weight is 327 g/mol. The van der Waals surface area contributed by atoms with Crippen molar-refractivity contribution in [2.75, 3.05) is 20.7 Å². The fourth-order valence-corrected chi connectivity index (χ4v) is 2.63. The lowest BCUT2D eigenvalue weighted by atomic mass is 10.1. The minimum absolute atomic E-state index is 0.161. The van der Waals surface area contributed by atoms with Crippen molar-refractivity contribution < 1.29 is 19.2 Å². The third kappa shape index (κ3) is 4.06. The van der Waals surface area contributed by atoms with Crippen molar-refractivity contribution in [2.45, 2.75) is 19.2 Å². The Balaban J connectivity index is 1.53. The number of hydrogen-bond acceptors (Lipinski definition) is 3. The van der Waals surface area contributed by atoms with Gasteiger partial charge in [0.2, 0.25) is 6.10 Å². The molecule has 1 heterocycles. The predicted molar refractivity (Wildman–Crippen MR) is 91.2 cm³/mol. The van der Waals surface area contributed by atoms with Gasteiger partial charge in [-0.25, -0.2) is 0 Å². The van der Waals surface area contributed by atoms with Crippen LogP contribution in [0, 0.1) is 0 Å². The van der Waals surface area contributed by atoms with E-state index in [1.54, 1.807) is 6.07 Å². The maximum absolute atomic E-state index is 12.3. The maximum Gasteiger partial charge on any atom is 0.264 e. The minimum Gasteiger partial charge on any atom is -0.485 e. The Morgan fingerprint density at radius 3 is 2.46 bits per heavy atom. The van der Waals surface area contributed by atoms with Crippen molar-refractivity contribution in [2.24, 2.45) is 0 Å². The Bertz CT molecular complexity index is 698. The van der Waals surface area contributed by atoms with Gasteiger partial charge in [0.15, 0.2) is 11.5 Å². The van der Waals surface area contributed by atoms with Crippen molar-refractivity contribution in [3.8, 4) is 11.5 Å². The van der Waals surface area contributed by atoms with E-state index in [4.69, 9.17) is 9.47 Å². The molecule has 2 aromatic rings. The molecule has 5 heteroatoms. The summed E-state index contributed by atoms with van der Waals surface area (Å²) in [6, 6.07) is 15.7. The van der Waals surface area contributed by atoms with Crippen LogP contribution in [0.4, 0.5) is 0 Å². The Kier molecular flexibility index (Phi) is 5.01. The van der Waals surface area contributed by atoms with Gasteiger partial charge in [-0.3, -0.25) is 4.79 Å². The molecule has 0 radical (unpaired) electrons. The molecule has 5 nitrogen and oxygen atoms in total. The number of hydrogen-bond donors (Lipinski definition) is 2. The monoisotopic (exact) mass is 327 g/mol. The van der Waals surface area contributed by atoms with Gasteiger partial charge in [-0.05, 0) is 17.7 Å². The number of ether oxygens (including phenoxy) is 2. The number of quaternary nitrogens is 1. The standard InChI is InChI=1S/C19H22N2O3/c1-21(2)12-15-9-7-14(8-10-15)11-20-19(22)18-13-23-16-5-3-4-6-17(16)24-18/h3-10,18H,11-13H2,1-2H3,(H,20,22)/p+1/t18-/m0/s1. The molecule has 126 valence electrons. The molecular weight excluding hydrogens is 304 g/mol. The summed E-state index contributed by atoms with van der Waals surface area (Å²) < 4.78 is 11.3. The minimum atomic E-state index is -0.614. The van der Waals surface area contributed by atoms with Crippen LogP contribution >= 0.6 is 0 Å². The van der Waals surface area contributed by atoms with Crippen LogP contribution in [0.2, 0.25) is 0 Å². The number of nitrogens with one attached hydrogen (secondary N) is 2. The number of para-hydroxylation sites is 2. The molecule has 24 heavy (non-hydrogen) atoms. The molecule has 1 amide bonds. The molecule has 1 aliphatic heterocycles. The van der Waals surface area contributed by atoms with E-state index in [1.807, 2.05) is 30.3 Å². The molecule has 2 aromatic carbocycles. The van der Waals surface area contributed by atoms with Gasteiger partial charge in [0.25, 0.3) is 5.91 Å². The topological polar surface area (TPSA) is 52.0 Å². The Morgan fingerprint density at radius 2 is 1.75 bits per heavy atom. The summed E-state index contributed by atoms with van der Waals surface area (Å²) in [6.07, 6.45) is -0.614. The molecule has 0 aromatic heterocycles. The fourth-order valence-electron chi connectivity index (χ4n) is 2.63. The lowest BCUT2D eigenvalue weighted by molar-refractivity contribution is -0.872. The van der Waals surface area contributed by atoms with Gasteiger partial charge >= 0.3 is 0 Å². The Labute approximate surface area is 142 Å². The van der Waals surface area contributed by atoms with E-state index < -0.39 is 6.10 Å². The lowest BCUT2D eigenvalue weighted by Crippen LogP contribution is -3.04. The third-order valence-corrected chi connectivity index (χ3v) is 3.85. The number of amides is 1. The lowest BCUT2D eigenvalue weighted by Gasteiger charge is -2.25. The van der Waals surface area contributed by atoms with E-state index in [1.165, 1.54) is 10.5 Å². The predicted octanol–water partition coefficient (Wildman–Crippen LogP) is 0.787. The highest BCUT2D eigenvalue weighted by atomic mass is 16.6. The second kappa shape index (κ2) is 7.36. The van der Waals surface area contributed by atoms with Crippen LogP contribution in [-0.2, 0) is 17.9 Å². The molecule has 0 aliphatic carbocycles. The highest BCUT2D eigenvalue weighted by Gasteiger charge is 2.26. The fraction of sp³-hybridized carbons (Fsp3) is 0.316. The van der Waals surface area contributed by atoms with Crippen LogP contribution in [0.3, 0.4) is 0 Å². The Hall–Kier alpha value is -2.53. The molecule has 0 spiro atoms. The normalized spacial score (nSPS) is 16.0. The van der Waals surface area contributed by atoms with E-state index in [0.29, 0.717) is 18.0 Å². The SMILES string of the molecule is C[NH+](C)Cc1ccc(CNC(=O)[C@@H]2COc3ccccc3O2)cc1. The zero-order chi connectivity index (χ0) is 16.9. The first-order valence-electron chi connectivity index (χ1n) is 8.15. The molecule has 0 saturated carbocycles. The summed E-state index contributed by atoms with van der Waals surface area (Å²) in [4.78, 5) is 13.7. The molecule has 0 saturated heterocycles. The first-order chi connectivity index (χ1) is 11.6. The second-order valence-corrected chi connectivity index (χ2v) is 6.28. The first-order valence-corrected chi connectivity index (χ1v) is 8.15. The van der Waals surface area contributed by atoms with E-state index in [9.17, 15) is 4.79 Å². The highest BCUT2D eigenvalue weighted by Crippen LogP contribution is 2.30. The van der Waals surface area contributed by atoms with E-state index >= 15 is 0 Å². The average Bonchev–Trinajstić information content (AvgIpc) is 2.60. The number of benzene rings is 2. The number of fused-ring (bicyclic) bond motifs is 1. The van der Waals surface area contributed by atoms with Crippen LogP contribution in [0.5, 0.6) is 11.5 Å². The van der Waals surface area contributed by atoms with Crippen molar-refractivity contribution in [3.05, 3.63) is 59.7 Å². The van der Waals surface area contributed by atoms with Gasteiger partial charge < -0.3 is 19.7 Å². The van der Waals surface area contributed by atoms with Gasteiger partial charge in [0, 0.05) is 12.1 Å². The molecule has 0 unspecified atom stereocenters. The summed E-state index contributed by atoms with van der Waals surface area (Å²) in [7, 11) is 4.25. The number of carbonyl (C=O) groups excluding carboxylic acids is 1. The summed E-state index contributed by atoms with van der Waals surface area (Å²) in [5, 5.41) is 2.91. The molecule has 3 rings (SSSR count). The van der Waals surface area contributed by atoms with E-state index in [2.05, 4.69) is 31.5 Å². The molecule has 0 bridgehead atoms. The van der Waals surface area contributed by atoms with Crippen molar-refractivity contribution in [3.63, 3.8) is 0 Å². The van der Waals surface area contributed by atoms with Crippen LogP contribution in [0.15, 0.2) is 48.5 Å². The molecule has 2 N–H and O–H groups in total. The quantitative estimate of drug-likeness (QED) is 0.854. The second-order valence-electron chi connectivity index (χ2n) is 6.28. The number of carbonyl (C=O) groups is 1. The van der Waals surface area contributed by atoms with Crippen LogP contribution < -0.4 is 19.7 Å². The largest absolute Gasteiger partial charge is 0.485 e.